The Morgan fingerprint density at radius 3 is 2.47 bits per heavy atom. The third-order valence-corrected chi connectivity index (χ3v) is 3.51. The first kappa shape index (κ1) is 13.0. The predicted octanol–water partition coefficient (Wildman–Crippen LogP) is 5.48. The molecule has 0 heterocycles. The molecule has 0 aromatic heterocycles. The number of hydrogen-bond acceptors (Lipinski definition) is 1. The molecule has 2 rings (SSSR count). The highest BCUT2D eigenvalue weighted by molar-refractivity contribution is 14.1. The van der Waals surface area contributed by atoms with E-state index in [2.05, 4.69) is 22.6 Å². The monoisotopic (exact) mass is 378 g/mol. The van der Waals surface area contributed by atoms with Crippen molar-refractivity contribution in [3.63, 3.8) is 0 Å². The van der Waals surface area contributed by atoms with Gasteiger partial charge in [-0.1, -0.05) is 23.7 Å². The minimum Gasteiger partial charge on any atom is -0.457 e. The van der Waals surface area contributed by atoms with E-state index >= 15 is 0 Å². The Hall–Kier alpha value is -0.450. The van der Waals surface area contributed by atoms with Gasteiger partial charge in [-0.15, -0.1) is 11.6 Å². The molecule has 0 aliphatic carbocycles. The molecule has 0 atom stereocenters. The predicted molar refractivity (Wildman–Crippen MR) is 80.2 cm³/mol. The summed E-state index contributed by atoms with van der Waals surface area (Å²) in [7, 11) is 0. The number of halogens is 3. The molecule has 1 nitrogen and oxygen atoms in total. The lowest BCUT2D eigenvalue weighted by Crippen LogP contribution is -1.86. The van der Waals surface area contributed by atoms with Gasteiger partial charge in [0.05, 0.1) is 0 Å². The lowest BCUT2D eigenvalue weighted by Gasteiger charge is -2.07. The summed E-state index contributed by atoms with van der Waals surface area (Å²) in [6.07, 6.45) is 0. The number of benzene rings is 2. The zero-order valence-electron chi connectivity index (χ0n) is 8.79. The maximum Gasteiger partial charge on any atom is 0.128 e. The van der Waals surface area contributed by atoms with Gasteiger partial charge in [0.2, 0.25) is 0 Å². The molecule has 0 unspecified atom stereocenters. The van der Waals surface area contributed by atoms with E-state index in [1.54, 1.807) is 6.07 Å². The Bertz CT molecular complexity index is 529. The van der Waals surface area contributed by atoms with Crippen LogP contribution in [-0.4, -0.2) is 0 Å². The van der Waals surface area contributed by atoms with Crippen LogP contribution in [0.15, 0.2) is 42.5 Å². The second kappa shape index (κ2) is 5.94. The third kappa shape index (κ3) is 3.50. The number of rotatable bonds is 3. The molecule has 88 valence electrons. The molecule has 0 fully saturated rings. The van der Waals surface area contributed by atoms with Crippen molar-refractivity contribution in [1.29, 1.82) is 0 Å². The number of alkyl halides is 1. The highest BCUT2D eigenvalue weighted by Gasteiger charge is 2.03. The van der Waals surface area contributed by atoms with E-state index < -0.39 is 0 Å². The molecular weight excluding hydrogens is 370 g/mol. The van der Waals surface area contributed by atoms with Gasteiger partial charge in [0.15, 0.2) is 0 Å². The standard InChI is InChI=1S/C13H9Cl2IO/c14-8-9-4-5-12(7-13(9)15)17-11-3-1-2-10(16)6-11/h1-7H,8H2. The van der Waals surface area contributed by atoms with Crippen LogP contribution >= 0.6 is 45.8 Å². The topological polar surface area (TPSA) is 9.23 Å². The van der Waals surface area contributed by atoms with Gasteiger partial charge in [-0.25, -0.2) is 0 Å². The summed E-state index contributed by atoms with van der Waals surface area (Å²) in [6.45, 7) is 0. The van der Waals surface area contributed by atoms with Crippen molar-refractivity contribution in [2.75, 3.05) is 0 Å². The molecule has 2 aromatic carbocycles. The fraction of sp³-hybridized carbons (Fsp3) is 0.0769. The van der Waals surface area contributed by atoms with Crippen LogP contribution in [0.5, 0.6) is 11.5 Å². The molecule has 0 aliphatic rings. The summed E-state index contributed by atoms with van der Waals surface area (Å²) in [5.41, 5.74) is 0.906. The van der Waals surface area contributed by atoms with Crippen LogP contribution in [0.3, 0.4) is 0 Å². The van der Waals surface area contributed by atoms with Crippen LogP contribution in [0.2, 0.25) is 5.02 Å². The van der Waals surface area contributed by atoms with Gasteiger partial charge in [0.25, 0.3) is 0 Å². The van der Waals surface area contributed by atoms with Gasteiger partial charge in [0, 0.05) is 14.5 Å². The van der Waals surface area contributed by atoms with Crippen LogP contribution < -0.4 is 4.74 Å². The van der Waals surface area contributed by atoms with Crippen molar-refractivity contribution in [3.05, 3.63) is 56.6 Å². The largest absolute Gasteiger partial charge is 0.457 e. The lowest BCUT2D eigenvalue weighted by molar-refractivity contribution is 0.482. The van der Waals surface area contributed by atoms with Crippen molar-refractivity contribution in [1.82, 2.24) is 0 Å². The van der Waals surface area contributed by atoms with Gasteiger partial charge < -0.3 is 4.74 Å². The van der Waals surface area contributed by atoms with E-state index in [0.717, 1.165) is 14.9 Å². The molecule has 0 N–H and O–H groups in total. The average Bonchev–Trinajstić information content (AvgIpc) is 2.29. The normalized spacial score (nSPS) is 10.3. The molecule has 0 saturated heterocycles. The molecular formula is C13H9Cl2IO. The van der Waals surface area contributed by atoms with Gasteiger partial charge in [-0.05, 0) is 58.5 Å². The molecule has 2 aromatic rings. The van der Waals surface area contributed by atoms with Crippen LogP contribution in [0.25, 0.3) is 0 Å². The SMILES string of the molecule is ClCc1ccc(Oc2cccc(I)c2)cc1Cl. The van der Waals surface area contributed by atoms with E-state index in [-0.39, 0.29) is 0 Å². The summed E-state index contributed by atoms with van der Waals surface area (Å²) in [6, 6.07) is 13.3. The zero-order valence-corrected chi connectivity index (χ0v) is 12.5. The second-order valence-electron chi connectivity index (χ2n) is 3.45. The second-order valence-corrected chi connectivity index (χ2v) is 5.37. The first-order valence-electron chi connectivity index (χ1n) is 4.97. The minimum absolute atomic E-state index is 0.405. The van der Waals surface area contributed by atoms with Crippen molar-refractivity contribution < 1.29 is 4.74 Å². The van der Waals surface area contributed by atoms with Crippen LogP contribution in [-0.2, 0) is 5.88 Å². The number of ether oxygens (including phenoxy) is 1. The average molecular weight is 379 g/mol. The summed E-state index contributed by atoms with van der Waals surface area (Å²) in [4.78, 5) is 0. The van der Waals surface area contributed by atoms with E-state index in [0.29, 0.717) is 16.7 Å². The smallest absolute Gasteiger partial charge is 0.128 e. The maximum atomic E-state index is 6.06. The van der Waals surface area contributed by atoms with Crippen LogP contribution in [0, 0.1) is 3.57 Å². The van der Waals surface area contributed by atoms with Gasteiger partial charge in [0.1, 0.15) is 11.5 Å². The van der Waals surface area contributed by atoms with Gasteiger partial charge >= 0.3 is 0 Å². The Kier molecular flexibility index (Phi) is 4.54. The molecule has 4 heteroatoms. The first-order valence-corrected chi connectivity index (χ1v) is 6.96. The van der Waals surface area contributed by atoms with E-state index in [9.17, 15) is 0 Å². The third-order valence-electron chi connectivity index (χ3n) is 2.20. The molecule has 0 radical (unpaired) electrons. The molecule has 17 heavy (non-hydrogen) atoms. The fourth-order valence-corrected chi connectivity index (χ4v) is 2.42. The zero-order chi connectivity index (χ0) is 12.3. The van der Waals surface area contributed by atoms with E-state index in [1.807, 2.05) is 36.4 Å². The van der Waals surface area contributed by atoms with Crippen molar-refractivity contribution in [3.8, 4) is 11.5 Å². The molecule has 0 aliphatic heterocycles. The highest BCUT2D eigenvalue weighted by atomic mass is 127. The maximum absolute atomic E-state index is 6.06. The summed E-state index contributed by atoms with van der Waals surface area (Å²) >= 11 is 14.0. The fourth-order valence-electron chi connectivity index (χ4n) is 1.37. The molecule has 0 bridgehead atoms. The lowest BCUT2D eigenvalue weighted by atomic mass is 10.2. The van der Waals surface area contributed by atoms with Gasteiger partial charge in [-0.2, -0.15) is 0 Å². The minimum atomic E-state index is 0.405. The van der Waals surface area contributed by atoms with E-state index in [4.69, 9.17) is 27.9 Å². The first-order chi connectivity index (χ1) is 8.19. The van der Waals surface area contributed by atoms with E-state index in [1.165, 1.54) is 0 Å². The molecule has 0 amide bonds. The molecule has 0 saturated carbocycles. The summed E-state index contributed by atoms with van der Waals surface area (Å²) in [5.74, 6) is 1.92. The Morgan fingerprint density at radius 1 is 1.06 bits per heavy atom. The van der Waals surface area contributed by atoms with Crippen molar-refractivity contribution in [2.24, 2.45) is 0 Å². The van der Waals surface area contributed by atoms with Crippen molar-refractivity contribution in [2.45, 2.75) is 5.88 Å². The summed E-state index contributed by atoms with van der Waals surface area (Å²) < 4.78 is 6.84. The van der Waals surface area contributed by atoms with Gasteiger partial charge in [-0.3, -0.25) is 0 Å². The Labute approximate surface area is 124 Å². The number of hydrogen-bond donors (Lipinski definition) is 0. The molecule has 0 spiro atoms. The summed E-state index contributed by atoms with van der Waals surface area (Å²) in [5, 5.41) is 0.628. The Balaban J connectivity index is 2.22. The highest BCUT2D eigenvalue weighted by Crippen LogP contribution is 2.28. The van der Waals surface area contributed by atoms with Crippen molar-refractivity contribution >= 4 is 45.8 Å². The van der Waals surface area contributed by atoms with Crippen LogP contribution in [0.4, 0.5) is 0 Å². The Morgan fingerprint density at radius 2 is 1.82 bits per heavy atom. The van der Waals surface area contributed by atoms with Crippen LogP contribution in [0.1, 0.15) is 5.56 Å². The quantitative estimate of drug-likeness (QED) is 0.507.